The molecule has 2 aliphatic rings. The van der Waals surface area contributed by atoms with Gasteiger partial charge >= 0.3 is 0 Å². The summed E-state index contributed by atoms with van der Waals surface area (Å²) < 4.78 is 103. The van der Waals surface area contributed by atoms with Crippen molar-refractivity contribution < 1.29 is 58.4 Å². The zero-order valence-corrected chi connectivity index (χ0v) is 45.3. The summed E-state index contributed by atoms with van der Waals surface area (Å²) in [5.74, 6) is 2.20. The summed E-state index contributed by atoms with van der Waals surface area (Å²) in [6.07, 6.45) is 14.2. The maximum Gasteiger partial charge on any atom is 0.294 e. The van der Waals surface area contributed by atoms with Crippen LogP contribution in [0.15, 0.2) is 137 Å². The first-order valence-electron chi connectivity index (χ1n) is 24.9. The van der Waals surface area contributed by atoms with Gasteiger partial charge in [0.15, 0.2) is 28.9 Å². The summed E-state index contributed by atoms with van der Waals surface area (Å²) in [4.78, 5) is 41.2. The van der Waals surface area contributed by atoms with Crippen LogP contribution in [0.5, 0.6) is 5.75 Å². The number of hydrogen-bond donors (Lipinski definition) is 7. The van der Waals surface area contributed by atoms with Crippen LogP contribution in [-0.2, 0) is 40.7 Å². The van der Waals surface area contributed by atoms with E-state index in [2.05, 4.69) is 15.5 Å². The number of hydrogen-bond acceptors (Lipinski definition) is 13. The number of benzene rings is 4. The Bertz CT molecular complexity index is 3260. The van der Waals surface area contributed by atoms with Gasteiger partial charge in [-0.05, 0) is 125 Å². The number of carbonyl (C=O) groups excluding carboxylic acids is 3. The molecule has 4 aromatic carbocycles. The molecule has 0 saturated heterocycles. The third-order valence-corrected chi connectivity index (χ3v) is 15.3. The lowest BCUT2D eigenvalue weighted by Gasteiger charge is -2.27. The fraction of sp³-hybridized carbons (Fsp3) is 0.345. The molecule has 6 rings (SSSR count). The topological polar surface area (TPSA) is 281 Å². The van der Waals surface area contributed by atoms with Crippen molar-refractivity contribution in [2.75, 3.05) is 43.2 Å². The van der Waals surface area contributed by atoms with Crippen molar-refractivity contribution in [2.24, 2.45) is 17.3 Å². The van der Waals surface area contributed by atoms with E-state index in [0.717, 1.165) is 40.5 Å². The van der Waals surface area contributed by atoms with Gasteiger partial charge in [-0.1, -0.05) is 50.6 Å². The van der Waals surface area contributed by atoms with Crippen molar-refractivity contribution in [1.82, 2.24) is 10.6 Å². The molecule has 10 N–H and O–H groups in total. The molecule has 1 unspecified atom stereocenters. The van der Waals surface area contributed by atoms with Crippen LogP contribution in [0.3, 0.4) is 0 Å². The van der Waals surface area contributed by atoms with Crippen LogP contribution in [0, 0.1) is 11.6 Å². The highest BCUT2D eigenvalue weighted by Gasteiger charge is 2.44. The number of amides is 2. The molecule has 77 heavy (non-hydrogen) atoms. The van der Waals surface area contributed by atoms with Gasteiger partial charge in [0.25, 0.3) is 26.1 Å². The van der Waals surface area contributed by atoms with Crippen LogP contribution in [0.4, 0.5) is 25.8 Å². The Balaban J connectivity index is 1.03. The van der Waals surface area contributed by atoms with Crippen molar-refractivity contribution >= 4 is 60.6 Å². The lowest BCUT2D eigenvalue weighted by atomic mass is 9.81. The Morgan fingerprint density at radius 1 is 0.831 bits per heavy atom. The third kappa shape index (κ3) is 14.5. The number of anilines is 2. The highest BCUT2D eigenvalue weighted by atomic mass is 32.2. The van der Waals surface area contributed by atoms with Gasteiger partial charge in [-0.25, -0.2) is 14.6 Å². The number of hydrazine groups is 1. The number of unbranched alkanes of at least 4 members (excludes halogenated alkanes) is 3. The quantitative estimate of drug-likeness (QED) is 0.00879. The molecule has 2 amide bonds. The molecule has 2 aliphatic heterocycles. The molecule has 18 nitrogen and oxygen atoms in total. The van der Waals surface area contributed by atoms with Gasteiger partial charge in [0.05, 0.1) is 33.5 Å². The minimum absolute atomic E-state index is 0.0282. The second-order valence-electron chi connectivity index (χ2n) is 19.8. The molecule has 22 heteroatoms. The zero-order chi connectivity index (χ0) is 56.5. The van der Waals surface area contributed by atoms with Crippen LogP contribution >= 0.6 is 0 Å². The van der Waals surface area contributed by atoms with E-state index in [1.165, 1.54) is 53.7 Å². The number of halogens is 2. The smallest absolute Gasteiger partial charge is 0.294 e. The molecule has 2 heterocycles. The molecule has 412 valence electrons. The number of nitrogens with two attached hydrogens (primary N) is 3. The summed E-state index contributed by atoms with van der Waals surface area (Å²) in [6, 6.07) is 17.4. The fourth-order valence-electron chi connectivity index (χ4n) is 9.43. The van der Waals surface area contributed by atoms with Crippen molar-refractivity contribution in [2.45, 2.75) is 99.3 Å². The van der Waals surface area contributed by atoms with Crippen LogP contribution in [-0.4, -0.2) is 93.2 Å². The molecule has 0 aliphatic carbocycles. The summed E-state index contributed by atoms with van der Waals surface area (Å²) in [5, 5.41) is 6.65. The van der Waals surface area contributed by atoms with Gasteiger partial charge in [-0.15, -0.1) is 0 Å². The van der Waals surface area contributed by atoms with Crippen LogP contribution in [0.25, 0.3) is 0 Å². The lowest BCUT2D eigenvalue weighted by molar-refractivity contribution is -0.401. The summed E-state index contributed by atoms with van der Waals surface area (Å²) in [7, 11) is -6.98. The van der Waals surface area contributed by atoms with E-state index >= 15 is 0 Å². The Kier molecular flexibility index (Phi) is 19.2. The first-order chi connectivity index (χ1) is 36.2. The first kappa shape index (κ1) is 59.2. The average Bonchev–Trinajstić information content (AvgIpc) is 3.71. The second kappa shape index (κ2) is 24.9. The van der Waals surface area contributed by atoms with E-state index in [1.54, 1.807) is 24.3 Å². The minimum Gasteiger partial charge on any atom is -0.480 e. The number of rotatable bonds is 25. The fourth-order valence-corrected chi connectivity index (χ4v) is 10.4. The molecular weight excluding hydrogens is 1030 g/mol. The Morgan fingerprint density at radius 3 is 2.17 bits per heavy atom. The van der Waals surface area contributed by atoms with Gasteiger partial charge in [-0.3, -0.25) is 28.5 Å². The molecule has 1 atom stereocenters. The molecule has 0 bridgehead atoms. The SMILES string of the molecule is C[N+]1=C(/C=C/C=C/C=C2\N(CCCCCC(=O)NC/C(N)=C/N(N)c3cccc(C(=O)NC(CCCCN)C(=O)COc4c(F)cccc4F)c3)c3ccc(S(=O)(=O)O)cc3C2(C)C)C(C)(C)c2cc(S(=O)(=O)O)ccc21. The number of ether oxygens (including phenoxy) is 1. The van der Waals surface area contributed by atoms with E-state index in [1.807, 2.05) is 69.7 Å². The number of Topliss-reactive ketones (excluding diaryl/α,β-unsaturated/α-hetero) is 1. The number of ketones is 1. The normalized spacial score (nSPS) is 16.0. The Morgan fingerprint density at radius 2 is 1.49 bits per heavy atom. The van der Waals surface area contributed by atoms with Gasteiger partial charge in [0.2, 0.25) is 11.6 Å². The van der Waals surface area contributed by atoms with E-state index in [0.29, 0.717) is 56.4 Å². The van der Waals surface area contributed by atoms with Crippen molar-refractivity contribution in [1.29, 1.82) is 0 Å². The molecule has 4 aromatic rings. The predicted molar refractivity (Wildman–Crippen MR) is 291 cm³/mol. The monoisotopic (exact) mass is 1100 g/mol. The summed E-state index contributed by atoms with van der Waals surface area (Å²) in [6.45, 7) is 8.06. The van der Waals surface area contributed by atoms with Crippen molar-refractivity contribution in [3.63, 3.8) is 0 Å². The lowest BCUT2D eigenvalue weighted by Crippen LogP contribution is -2.43. The molecule has 0 fully saturated rings. The van der Waals surface area contributed by atoms with Crippen molar-refractivity contribution in [3.05, 3.63) is 155 Å². The number of para-hydroxylation sites is 1. The standard InChI is InChI=1S/C55H66F2N8O10S2/c1-54(2)41-31-39(76(69,70)71)24-26-46(41)63(5)49(54)21-8-6-9-22-50-55(3,4)42-32-40(77(72,73)74)25-27-47(42)64(50)29-13-7-10-23-51(67)61-33-37(59)34-65(60)38-17-14-16-36(30-38)53(68)62-45(20-11-12-28-58)48(66)35-75-52-43(56)18-15-19-44(52)57/h6,8-9,14-19,21-22,24-27,30-32,34,45H,7,10-13,20,23,28-29,33,35,58-60H2,1-5H3,(H3-,61,62,67,68,69,70,71,72,73,74)/p+1/b37-34-. The van der Waals surface area contributed by atoms with Crippen LogP contribution in [0.1, 0.15) is 94.1 Å². The highest BCUT2D eigenvalue weighted by molar-refractivity contribution is 7.86. The molecular formula is C55H67F2N8O10S2+. The molecule has 0 radical (unpaired) electrons. The first-order valence-corrected chi connectivity index (χ1v) is 27.8. The summed E-state index contributed by atoms with van der Waals surface area (Å²) >= 11 is 0. The largest absolute Gasteiger partial charge is 0.480 e. The van der Waals surface area contributed by atoms with E-state index < -0.39 is 72.8 Å². The maximum absolute atomic E-state index is 14.1. The number of nitrogens with one attached hydrogen (secondary N) is 2. The minimum atomic E-state index is -4.48. The zero-order valence-electron chi connectivity index (χ0n) is 43.6. The van der Waals surface area contributed by atoms with Gasteiger partial charge in [-0.2, -0.15) is 21.4 Å². The van der Waals surface area contributed by atoms with Gasteiger partial charge in [0.1, 0.15) is 13.7 Å². The van der Waals surface area contributed by atoms with E-state index in [4.69, 9.17) is 22.0 Å². The molecule has 0 aromatic heterocycles. The third-order valence-electron chi connectivity index (χ3n) is 13.6. The van der Waals surface area contributed by atoms with E-state index in [9.17, 15) is 49.1 Å². The second-order valence-corrected chi connectivity index (χ2v) is 22.7. The number of allylic oxidation sites excluding steroid dienone is 6. The Labute approximate surface area is 448 Å². The van der Waals surface area contributed by atoms with Crippen LogP contribution < -0.4 is 42.6 Å². The number of carbonyl (C=O) groups is 3. The summed E-state index contributed by atoms with van der Waals surface area (Å²) in [5.41, 5.74) is 16.2. The predicted octanol–water partition coefficient (Wildman–Crippen LogP) is 6.99. The Hall–Kier alpha value is -7.08. The molecule has 0 saturated carbocycles. The average molecular weight is 1100 g/mol. The maximum atomic E-state index is 14.1. The van der Waals surface area contributed by atoms with Gasteiger partial charge in [0, 0.05) is 64.9 Å². The molecule has 0 spiro atoms. The van der Waals surface area contributed by atoms with E-state index in [-0.39, 0.29) is 46.3 Å². The van der Waals surface area contributed by atoms with Gasteiger partial charge < -0.3 is 31.7 Å². The number of nitrogens with zero attached hydrogens (tertiary/aromatic N) is 3. The number of fused-ring (bicyclic) bond motifs is 2. The van der Waals surface area contributed by atoms with Crippen LogP contribution in [0.2, 0.25) is 0 Å². The highest BCUT2D eigenvalue weighted by Crippen LogP contribution is 2.49. The van der Waals surface area contributed by atoms with Crippen molar-refractivity contribution in [3.8, 4) is 5.75 Å².